The van der Waals surface area contributed by atoms with Gasteiger partial charge in [0.2, 0.25) is 0 Å². The normalized spacial score (nSPS) is 11.1. The minimum absolute atomic E-state index is 0.397. The van der Waals surface area contributed by atoms with E-state index in [9.17, 15) is 0 Å². The van der Waals surface area contributed by atoms with Gasteiger partial charge in [-0.1, -0.05) is 20.4 Å². The first-order valence-corrected chi connectivity index (χ1v) is 9.27. The van der Waals surface area contributed by atoms with E-state index in [2.05, 4.69) is 80.1 Å². The fourth-order valence-corrected chi connectivity index (χ4v) is 3.60. The molecule has 0 aliphatic carbocycles. The highest BCUT2D eigenvalue weighted by Gasteiger charge is 2.15. The number of nitrogens with one attached hydrogen (secondary N) is 2. The first kappa shape index (κ1) is 18.9. The highest BCUT2D eigenvalue weighted by atomic mass is 16.5. The molecule has 0 spiro atoms. The molecule has 3 rings (SSSR count). The van der Waals surface area contributed by atoms with Crippen LogP contribution in [0.5, 0.6) is 5.75 Å². The molecule has 2 aromatic carbocycles. The van der Waals surface area contributed by atoms with Crippen LogP contribution >= 0.6 is 0 Å². The molecule has 1 aromatic heterocycles. The van der Waals surface area contributed by atoms with Crippen LogP contribution in [-0.2, 0) is 7.05 Å². The quantitative estimate of drug-likeness (QED) is 0.586. The lowest BCUT2D eigenvalue weighted by atomic mass is 9.96. The van der Waals surface area contributed by atoms with Gasteiger partial charge >= 0.3 is 0 Å². The molecule has 142 valence electrons. The number of rotatable bonds is 6. The van der Waals surface area contributed by atoms with E-state index in [-0.39, 0.29) is 0 Å². The topological polar surface area (TPSA) is 38.2 Å². The Bertz CT molecular complexity index is 999. The van der Waals surface area contributed by atoms with Gasteiger partial charge in [-0.3, -0.25) is 0 Å². The van der Waals surface area contributed by atoms with Crippen molar-refractivity contribution in [2.45, 2.75) is 26.7 Å². The predicted molar refractivity (Wildman–Crippen MR) is 117 cm³/mol. The second-order valence-electron chi connectivity index (χ2n) is 7.30. The third-order valence-corrected chi connectivity index (χ3v) is 5.07. The lowest BCUT2D eigenvalue weighted by Gasteiger charge is -2.19. The number of hydrogen-bond donors (Lipinski definition) is 2. The van der Waals surface area contributed by atoms with Crippen molar-refractivity contribution < 1.29 is 4.74 Å². The number of benzene rings is 2. The summed E-state index contributed by atoms with van der Waals surface area (Å²) < 4.78 is 7.78. The number of fused-ring (bicyclic) bond motifs is 1. The van der Waals surface area contributed by atoms with E-state index in [1.807, 2.05) is 13.1 Å². The molecule has 3 aromatic rings. The second-order valence-corrected chi connectivity index (χ2v) is 7.30. The number of aryl methyl sites for hydroxylation is 2. The van der Waals surface area contributed by atoms with E-state index in [0.29, 0.717) is 5.92 Å². The average molecular weight is 364 g/mol. The third-order valence-electron chi connectivity index (χ3n) is 5.07. The van der Waals surface area contributed by atoms with Crippen LogP contribution in [0.25, 0.3) is 16.6 Å². The Morgan fingerprint density at radius 2 is 1.93 bits per heavy atom. The van der Waals surface area contributed by atoms with Crippen LogP contribution in [0, 0.1) is 6.92 Å². The number of hydrogen-bond acceptors (Lipinski definition) is 3. The van der Waals surface area contributed by atoms with E-state index >= 15 is 0 Å². The summed E-state index contributed by atoms with van der Waals surface area (Å²) in [7, 11) is 5.70. The molecule has 0 saturated heterocycles. The van der Waals surface area contributed by atoms with Crippen LogP contribution < -0.4 is 15.4 Å². The molecule has 4 nitrogen and oxygen atoms in total. The van der Waals surface area contributed by atoms with Crippen molar-refractivity contribution in [1.82, 2.24) is 4.57 Å². The van der Waals surface area contributed by atoms with Crippen LogP contribution in [0.4, 0.5) is 11.4 Å². The zero-order valence-corrected chi connectivity index (χ0v) is 17.1. The van der Waals surface area contributed by atoms with Crippen LogP contribution in [0.3, 0.4) is 0 Å². The van der Waals surface area contributed by atoms with Gasteiger partial charge in [-0.15, -0.1) is 0 Å². The van der Waals surface area contributed by atoms with Gasteiger partial charge in [-0.2, -0.15) is 0 Å². The Labute approximate surface area is 161 Å². The van der Waals surface area contributed by atoms with Crippen molar-refractivity contribution in [1.29, 1.82) is 0 Å². The van der Waals surface area contributed by atoms with Crippen molar-refractivity contribution in [3.05, 3.63) is 59.8 Å². The Balaban J connectivity index is 1.98. The largest absolute Gasteiger partial charge is 0.496 e. The fourth-order valence-electron chi connectivity index (χ4n) is 3.60. The monoisotopic (exact) mass is 363 g/mol. The summed E-state index contributed by atoms with van der Waals surface area (Å²) in [5.41, 5.74) is 7.63. The highest BCUT2D eigenvalue weighted by molar-refractivity contribution is 5.89. The average Bonchev–Trinajstić information content (AvgIpc) is 2.93. The van der Waals surface area contributed by atoms with Gasteiger partial charge < -0.3 is 19.9 Å². The standard InChI is InChI=1S/C23H29N3O/c1-14(2)18-11-20(23(27-7)12-21(18)24-5)16(4)25-17-8-9-22-19(10-17)15(3)13-26(22)6/h8-14,24-25H,4H2,1-3,5-7H3. The summed E-state index contributed by atoms with van der Waals surface area (Å²) in [6.07, 6.45) is 2.15. The van der Waals surface area contributed by atoms with Crippen LogP contribution in [0.1, 0.15) is 36.5 Å². The summed E-state index contributed by atoms with van der Waals surface area (Å²) in [5, 5.41) is 7.97. The first-order chi connectivity index (χ1) is 12.8. The molecule has 0 saturated carbocycles. The SMILES string of the molecule is C=C(Nc1ccc2c(c1)c(C)cn2C)c1cc(C(C)C)c(NC)cc1OC. The minimum Gasteiger partial charge on any atom is -0.496 e. The van der Waals surface area contributed by atoms with Crippen molar-refractivity contribution in [2.24, 2.45) is 7.05 Å². The Morgan fingerprint density at radius 1 is 1.19 bits per heavy atom. The smallest absolute Gasteiger partial charge is 0.130 e. The maximum atomic E-state index is 5.63. The van der Waals surface area contributed by atoms with Crippen LogP contribution in [-0.4, -0.2) is 18.7 Å². The molecule has 2 N–H and O–H groups in total. The molecule has 0 amide bonds. The lowest BCUT2D eigenvalue weighted by molar-refractivity contribution is 0.413. The van der Waals surface area contributed by atoms with Gasteiger partial charge in [0, 0.05) is 59.9 Å². The summed E-state index contributed by atoms with van der Waals surface area (Å²) in [5.74, 6) is 1.20. The number of nitrogens with zero attached hydrogens (tertiary/aromatic N) is 1. The summed E-state index contributed by atoms with van der Waals surface area (Å²) >= 11 is 0. The Morgan fingerprint density at radius 3 is 2.56 bits per heavy atom. The summed E-state index contributed by atoms with van der Waals surface area (Å²) in [4.78, 5) is 0. The maximum absolute atomic E-state index is 5.63. The molecule has 4 heteroatoms. The number of anilines is 2. The van der Waals surface area contributed by atoms with Crippen LogP contribution in [0.15, 0.2) is 43.1 Å². The molecule has 27 heavy (non-hydrogen) atoms. The lowest BCUT2D eigenvalue weighted by Crippen LogP contribution is -2.04. The van der Waals surface area contributed by atoms with Gasteiger partial charge in [0.15, 0.2) is 0 Å². The molecule has 0 radical (unpaired) electrons. The van der Waals surface area contributed by atoms with E-state index in [1.54, 1.807) is 7.11 Å². The molecule has 0 atom stereocenters. The van der Waals surface area contributed by atoms with Crippen molar-refractivity contribution in [3.63, 3.8) is 0 Å². The van der Waals surface area contributed by atoms with E-state index in [4.69, 9.17) is 4.74 Å². The van der Waals surface area contributed by atoms with E-state index in [0.717, 1.165) is 28.4 Å². The summed E-state index contributed by atoms with van der Waals surface area (Å²) in [6, 6.07) is 10.6. The molecule has 0 unspecified atom stereocenters. The molecular formula is C23H29N3O. The van der Waals surface area contributed by atoms with Gasteiger partial charge in [0.05, 0.1) is 7.11 Å². The van der Waals surface area contributed by atoms with Crippen molar-refractivity contribution in [3.8, 4) is 5.75 Å². The van der Waals surface area contributed by atoms with Crippen LogP contribution in [0.2, 0.25) is 0 Å². The van der Waals surface area contributed by atoms with Gasteiger partial charge in [-0.05, 0) is 48.2 Å². The van der Waals surface area contributed by atoms with Gasteiger partial charge in [0.1, 0.15) is 5.75 Å². The van der Waals surface area contributed by atoms with Gasteiger partial charge in [-0.25, -0.2) is 0 Å². The molecular weight excluding hydrogens is 334 g/mol. The van der Waals surface area contributed by atoms with Crippen molar-refractivity contribution >= 4 is 28.0 Å². The molecule has 1 heterocycles. The number of methoxy groups -OCH3 is 1. The van der Waals surface area contributed by atoms with E-state index in [1.165, 1.54) is 22.0 Å². The zero-order chi connectivity index (χ0) is 19.7. The zero-order valence-electron chi connectivity index (χ0n) is 17.1. The first-order valence-electron chi connectivity index (χ1n) is 9.27. The van der Waals surface area contributed by atoms with Gasteiger partial charge in [0.25, 0.3) is 0 Å². The minimum atomic E-state index is 0.397. The number of aromatic nitrogens is 1. The molecule has 0 fully saturated rings. The Hall–Kier alpha value is -2.88. The number of ether oxygens (including phenoxy) is 1. The predicted octanol–water partition coefficient (Wildman–Crippen LogP) is 5.74. The van der Waals surface area contributed by atoms with E-state index < -0.39 is 0 Å². The second kappa shape index (κ2) is 7.39. The van der Waals surface area contributed by atoms with Crippen molar-refractivity contribution in [2.75, 3.05) is 24.8 Å². The molecule has 0 aliphatic rings. The third kappa shape index (κ3) is 3.52. The maximum Gasteiger partial charge on any atom is 0.130 e. The highest BCUT2D eigenvalue weighted by Crippen LogP contribution is 2.35. The molecule has 0 bridgehead atoms. The fraction of sp³-hybridized carbons (Fsp3) is 0.304. The Kier molecular flexibility index (Phi) is 5.17. The molecule has 0 aliphatic heterocycles. The summed E-state index contributed by atoms with van der Waals surface area (Å²) in [6.45, 7) is 10.8.